The van der Waals surface area contributed by atoms with Crippen molar-refractivity contribution < 1.29 is 19.0 Å². The Balaban J connectivity index is 1.93. The maximum atomic E-state index is 10.5. The smallest absolute Gasteiger partial charge is 0.293 e. The summed E-state index contributed by atoms with van der Waals surface area (Å²) < 4.78 is 16.6. The summed E-state index contributed by atoms with van der Waals surface area (Å²) in [6.45, 7) is 5.91. The molecule has 0 atom stereocenters. The molecule has 0 fully saturated rings. The van der Waals surface area contributed by atoms with Crippen molar-refractivity contribution in [3.05, 3.63) is 60.2 Å². The second-order valence-corrected chi connectivity index (χ2v) is 8.63. The summed E-state index contributed by atoms with van der Waals surface area (Å²) >= 11 is 0. The van der Waals surface area contributed by atoms with E-state index in [0.29, 0.717) is 26.2 Å². The average molecular weight is 449 g/mol. The van der Waals surface area contributed by atoms with Crippen molar-refractivity contribution in [1.82, 2.24) is 4.98 Å². The highest BCUT2D eigenvalue weighted by molar-refractivity contribution is 5.91. The number of hydrogen-bond donors (Lipinski definition) is 1. The third-order valence-electron chi connectivity index (χ3n) is 5.39. The van der Waals surface area contributed by atoms with Gasteiger partial charge in [-0.3, -0.25) is 4.79 Å². The van der Waals surface area contributed by atoms with Gasteiger partial charge < -0.3 is 19.9 Å². The summed E-state index contributed by atoms with van der Waals surface area (Å²) in [6.07, 6.45) is 5.89. The number of rotatable bonds is 12. The highest BCUT2D eigenvalue weighted by Crippen LogP contribution is 2.35. The minimum absolute atomic E-state index is 0.0836. The van der Waals surface area contributed by atoms with Crippen molar-refractivity contribution in [2.75, 3.05) is 26.9 Å². The van der Waals surface area contributed by atoms with Gasteiger partial charge in [-0.1, -0.05) is 56.3 Å². The first-order valence-electron chi connectivity index (χ1n) is 11.1. The van der Waals surface area contributed by atoms with Crippen LogP contribution in [0.2, 0.25) is 0 Å². The number of fused-ring (bicyclic) bond motifs is 1. The van der Waals surface area contributed by atoms with Crippen LogP contribution in [0.5, 0.6) is 11.5 Å². The molecule has 3 rings (SSSR count). The number of carbonyl (C=O) groups excluding carboxylic acids is 1. The summed E-state index contributed by atoms with van der Waals surface area (Å²) in [5.74, 6) is 1.48. The first-order valence-corrected chi connectivity index (χ1v) is 11.1. The third-order valence-corrected chi connectivity index (χ3v) is 5.39. The van der Waals surface area contributed by atoms with Gasteiger partial charge in [0, 0.05) is 35.2 Å². The Bertz CT molecular complexity index is 1090. The van der Waals surface area contributed by atoms with Gasteiger partial charge in [-0.25, -0.2) is 4.98 Å². The fraction of sp³-hybridized carbons (Fsp3) is 0.333. The Hall–Kier alpha value is -3.38. The zero-order valence-corrected chi connectivity index (χ0v) is 19.5. The highest BCUT2D eigenvalue weighted by Gasteiger charge is 2.17. The summed E-state index contributed by atoms with van der Waals surface area (Å²) in [7, 11) is 1.66. The van der Waals surface area contributed by atoms with Crippen molar-refractivity contribution in [2.24, 2.45) is 11.1 Å². The molecule has 2 aromatic carbocycles. The molecule has 0 saturated heterocycles. The number of ether oxygens (including phenoxy) is 3. The third kappa shape index (κ3) is 6.56. The van der Waals surface area contributed by atoms with E-state index in [-0.39, 0.29) is 5.41 Å². The molecule has 174 valence electrons. The fourth-order valence-corrected chi connectivity index (χ4v) is 3.61. The van der Waals surface area contributed by atoms with Gasteiger partial charge in [-0.05, 0) is 24.3 Å². The Morgan fingerprint density at radius 3 is 2.58 bits per heavy atom. The average Bonchev–Trinajstić information content (AvgIpc) is 2.83. The molecule has 6 nitrogen and oxygen atoms in total. The Morgan fingerprint density at radius 1 is 1.09 bits per heavy atom. The van der Waals surface area contributed by atoms with Gasteiger partial charge in [0.2, 0.25) is 0 Å². The molecular weight excluding hydrogens is 416 g/mol. The van der Waals surface area contributed by atoms with E-state index in [0.717, 1.165) is 52.1 Å². The van der Waals surface area contributed by atoms with Crippen LogP contribution in [-0.4, -0.2) is 38.3 Å². The molecular formula is C27H32N2O4. The van der Waals surface area contributed by atoms with Gasteiger partial charge in [0.1, 0.15) is 18.1 Å². The van der Waals surface area contributed by atoms with Crippen LogP contribution in [0.25, 0.3) is 28.2 Å². The second-order valence-electron chi connectivity index (χ2n) is 8.63. The highest BCUT2D eigenvalue weighted by atomic mass is 16.5. The molecule has 33 heavy (non-hydrogen) atoms. The molecule has 0 aliphatic rings. The van der Waals surface area contributed by atoms with Crippen LogP contribution in [0.15, 0.2) is 54.6 Å². The van der Waals surface area contributed by atoms with Crippen LogP contribution in [-0.2, 0) is 9.53 Å². The quantitative estimate of drug-likeness (QED) is 0.382. The number of carbonyl (C=O) groups is 1. The molecule has 1 heterocycles. The number of nitrogens with two attached hydrogens (primary N) is 1. The molecule has 0 saturated carbocycles. The molecule has 0 radical (unpaired) electrons. The molecule has 0 aliphatic carbocycles. The van der Waals surface area contributed by atoms with Gasteiger partial charge in [0.25, 0.3) is 6.47 Å². The first kappa shape index (κ1) is 24.3. The second kappa shape index (κ2) is 11.5. The Morgan fingerprint density at radius 2 is 1.88 bits per heavy atom. The molecule has 0 amide bonds. The predicted molar refractivity (Wildman–Crippen MR) is 132 cm³/mol. The van der Waals surface area contributed by atoms with Crippen LogP contribution in [0.4, 0.5) is 0 Å². The summed E-state index contributed by atoms with van der Waals surface area (Å²) in [6, 6.07) is 16.0. The maximum absolute atomic E-state index is 10.5. The number of methoxy groups -OCH3 is 1. The summed E-state index contributed by atoms with van der Waals surface area (Å²) in [5, 5.41) is 0.906. The molecule has 3 aromatic rings. The van der Waals surface area contributed by atoms with E-state index in [4.69, 9.17) is 24.9 Å². The van der Waals surface area contributed by atoms with Crippen LogP contribution < -0.4 is 15.2 Å². The number of hydrogen-bond acceptors (Lipinski definition) is 6. The van der Waals surface area contributed by atoms with Gasteiger partial charge in [0.05, 0.1) is 24.9 Å². The van der Waals surface area contributed by atoms with Crippen molar-refractivity contribution in [3.8, 4) is 22.8 Å². The zero-order chi connectivity index (χ0) is 23.7. The largest absolute Gasteiger partial charge is 0.496 e. The van der Waals surface area contributed by atoms with Gasteiger partial charge >= 0.3 is 0 Å². The van der Waals surface area contributed by atoms with Crippen molar-refractivity contribution >= 4 is 23.5 Å². The molecule has 6 heteroatoms. The van der Waals surface area contributed by atoms with Gasteiger partial charge in [-0.2, -0.15) is 0 Å². The molecule has 0 aliphatic heterocycles. The van der Waals surface area contributed by atoms with E-state index in [1.807, 2.05) is 54.6 Å². The first-order chi connectivity index (χ1) is 16.0. The number of allylic oxidation sites excluding steroid dienone is 1. The lowest BCUT2D eigenvalue weighted by Crippen LogP contribution is -2.18. The lowest BCUT2D eigenvalue weighted by molar-refractivity contribution is -0.131. The minimum atomic E-state index is -0.0836. The molecule has 0 unspecified atom stereocenters. The minimum Gasteiger partial charge on any atom is -0.496 e. The number of aromatic nitrogens is 1. The molecule has 2 N–H and O–H groups in total. The van der Waals surface area contributed by atoms with Crippen LogP contribution in [0.1, 0.15) is 32.3 Å². The van der Waals surface area contributed by atoms with E-state index in [1.165, 1.54) is 0 Å². The normalized spacial score (nSPS) is 11.6. The lowest BCUT2D eigenvalue weighted by atomic mass is 9.89. The van der Waals surface area contributed by atoms with Gasteiger partial charge in [0.15, 0.2) is 0 Å². The standard InChI is InChI=1S/C27H32N2O4/c1-27(2,18-32-19-30)12-8-7-11-21-15-22-24(17-25(21)31-3)29-23(16-26(22)33-14-13-28)20-9-5-4-6-10-20/h4-7,9-11,15-17,19H,8,12-14,18,28H2,1-3H3/b11-7+. The molecule has 0 spiro atoms. The summed E-state index contributed by atoms with van der Waals surface area (Å²) in [5.41, 5.74) is 9.20. The zero-order valence-electron chi connectivity index (χ0n) is 19.5. The lowest BCUT2D eigenvalue weighted by Gasteiger charge is -2.22. The van der Waals surface area contributed by atoms with E-state index < -0.39 is 0 Å². The SMILES string of the molecule is COc1cc2nc(-c3ccccc3)cc(OCCN)c2cc1/C=C/CCC(C)(C)COC=O. The van der Waals surface area contributed by atoms with Crippen molar-refractivity contribution in [1.29, 1.82) is 0 Å². The van der Waals surface area contributed by atoms with Crippen LogP contribution in [0.3, 0.4) is 0 Å². The number of benzene rings is 2. The maximum Gasteiger partial charge on any atom is 0.293 e. The number of nitrogens with zero attached hydrogens (tertiary/aromatic N) is 1. The van der Waals surface area contributed by atoms with Crippen LogP contribution >= 0.6 is 0 Å². The van der Waals surface area contributed by atoms with E-state index in [1.54, 1.807) is 7.11 Å². The van der Waals surface area contributed by atoms with Gasteiger partial charge in [-0.15, -0.1) is 0 Å². The summed E-state index contributed by atoms with van der Waals surface area (Å²) in [4.78, 5) is 15.3. The van der Waals surface area contributed by atoms with Crippen LogP contribution in [0, 0.1) is 5.41 Å². The van der Waals surface area contributed by atoms with Crippen molar-refractivity contribution in [3.63, 3.8) is 0 Å². The number of pyridine rings is 1. The molecule has 0 bridgehead atoms. The topological polar surface area (TPSA) is 83.7 Å². The Kier molecular flexibility index (Phi) is 8.44. The van der Waals surface area contributed by atoms with E-state index >= 15 is 0 Å². The van der Waals surface area contributed by atoms with E-state index in [9.17, 15) is 4.79 Å². The fourth-order valence-electron chi connectivity index (χ4n) is 3.61. The Labute approximate surface area is 195 Å². The predicted octanol–water partition coefficient (Wildman–Crippen LogP) is 5.24. The monoisotopic (exact) mass is 448 g/mol. The van der Waals surface area contributed by atoms with Crippen molar-refractivity contribution in [2.45, 2.75) is 26.7 Å². The van der Waals surface area contributed by atoms with E-state index in [2.05, 4.69) is 19.9 Å². The molecule has 1 aromatic heterocycles.